The summed E-state index contributed by atoms with van der Waals surface area (Å²) in [6, 6.07) is 1.74. The molecular weight excluding hydrogens is 340 g/mol. The number of anilines is 1. The topological polar surface area (TPSA) is 107 Å². The predicted octanol–water partition coefficient (Wildman–Crippen LogP) is 1.54. The first-order chi connectivity index (χ1) is 11.9. The van der Waals surface area contributed by atoms with Gasteiger partial charge in [0, 0.05) is 16.3 Å². The Morgan fingerprint density at radius 2 is 2.04 bits per heavy atom. The maximum Gasteiger partial charge on any atom is 0.348 e. The number of rotatable bonds is 4. The zero-order chi connectivity index (χ0) is 18.1. The lowest BCUT2D eigenvalue weighted by atomic mass is 9.95. The Kier molecular flexibility index (Phi) is 4.71. The van der Waals surface area contributed by atoms with Crippen molar-refractivity contribution >= 4 is 28.2 Å². The van der Waals surface area contributed by atoms with Crippen molar-refractivity contribution in [1.29, 1.82) is 0 Å². The monoisotopic (exact) mass is 360 g/mol. The van der Waals surface area contributed by atoms with E-state index in [1.54, 1.807) is 19.9 Å². The molecule has 8 heteroatoms. The first-order valence-corrected chi connectivity index (χ1v) is 8.97. The predicted molar refractivity (Wildman–Crippen MR) is 96.1 cm³/mol. The number of nitrogens with zero attached hydrogens (tertiary/aromatic N) is 2. The number of fused-ring (bicyclic) bond motifs is 1. The van der Waals surface area contributed by atoms with Gasteiger partial charge in [0.2, 0.25) is 5.91 Å². The van der Waals surface area contributed by atoms with Gasteiger partial charge in [-0.1, -0.05) is 0 Å². The van der Waals surface area contributed by atoms with Crippen molar-refractivity contribution in [1.82, 2.24) is 9.55 Å². The molecule has 2 amide bonds. The summed E-state index contributed by atoms with van der Waals surface area (Å²) in [4.78, 5) is 41.2. The highest BCUT2D eigenvalue weighted by atomic mass is 32.1. The van der Waals surface area contributed by atoms with Crippen LogP contribution in [0, 0.1) is 13.8 Å². The molecule has 0 atom stereocenters. The fraction of sp³-hybridized carbons (Fsp3) is 0.412. The van der Waals surface area contributed by atoms with Crippen molar-refractivity contribution in [3.05, 3.63) is 43.9 Å². The van der Waals surface area contributed by atoms with Crippen molar-refractivity contribution in [3.63, 3.8) is 0 Å². The summed E-state index contributed by atoms with van der Waals surface area (Å²) in [5.41, 5.74) is 7.71. The minimum atomic E-state index is -0.528. The molecule has 132 valence electrons. The summed E-state index contributed by atoms with van der Waals surface area (Å²) in [6.45, 7) is 3.33. The van der Waals surface area contributed by atoms with Gasteiger partial charge < -0.3 is 11.1 Å². The molecule has 2 aromatic heterocycles. The van der Waals surface area contributed by atoms with Crippen LogP contribution in [0.4, 0.5) is 5.00 Å². The molecule has 2 heterocycles. The van der Waals surface area contributed by atoms with E-state index in [0.29, 0.717) is 22.0 Å². The zero-order valence-corrected chi connectivity index (χ0v) is 15.0. The highest BCUT2D eigenvalue weighted by Gasteiger charge is 2.25. The standard InChI is InChI=1S/C17H20N4O3S/c1-9-7-10(2)21(17(24)19-9)8-13(22)20-16-14(15(18)23)11-5-3-4-6-12(11)25-16/h7H,3-6,8H2,1-2H3,(H2,18,23)(H,20,22). The quantitative estimate of drug-likeness (QED) is 0.862. The smallest absolute Gasteiger partial charge is 0.348 e. The van der Waals surface area contributed by atoms with Crippen molar-refractivity contribution in [3.8, 4) is 0 Å². The first-order valence-electron chi connectivity index (χ1n) is 8.16. The largest absolute Gasteiger partial charge is 0.365 e. The minimum Gasteiger partial charge on any atom is -0.365 e. The Balaban J connectivity index is 1.86. The molecule has 0 unspecified atom stereocenters. The number of hydrogen-bond acceptors (Lipinski definition) is 5. The van der Waals surface area contributed by atoms with Gasteiger partial charge in [-0.25, -0.2) is 4.79 Å². The second-order valence-electron chi connectivity index (χ2n) is 6.24. The van der Waals surface area contributed by atoms with Crippen LogP contribution >= 0.6 is 11.3 Å². The van der Waals surface area contributed by atoms with Gasteiger partial charge in [0.15, 0.2) is 0 Å². The van der Waals surface area contributed by atoms with E-state index in [9.17, 15) is 14.4 Å². The number of carbonyl (C=O) groups excluding carboxylic acids is 2. The van der Waals surface area contributed by atoms with Crippen LogP contribution in [0.3, 0.4) is 0 Å². The van der Waals surface area contributed by atoms with Crippen LogP contribution in [0.15, 0.2) is 10.9 Å². The van der Waals surface area contributed by atoms with Crippen LogP contribution in [0.5, 0.6) is 0 Å². The molecule has 0 radical (unpaired) electrons. The van der Waals surface area contributed by atoms with Gasteiger partial charge in [0.1, 0.15) is 11.5 Å². The van der Waals surface area contributed by atoms with E-state index in [-0.39, 0.29) is 12.5 Å². The van der Waals surface area contributed by atoms with E-state index >= 15 is 0 Å². The van der Waals surface area contributed by atoms with Crippen molar-refractivity contribution in [2.24, 2.45) is 5.73 Å². The van der Waals surface area contributed by atoms with Crippen LogP contribution in [0.2, 0.25) is 0 Å². The fourth-order valence-electron chi connectivity index (χ4n) is 3.19. The SMILES string of the molecule is Cc1cc(C)n(CC(=O)Nc2sc3c(c2C(N)=O)CCCC3)c(=O)n1. The van der Waals surface area contributed by atoms with Crippen LogP contribution in [0.25, 0.3) is 0 Å². The lowest BCUT2D eigenvalue weighted by molar-refractivity contribution is -0.116. The highest BCUT2D eigenvalue weighted by molar-refractivity contribution is 7.17. The molecule has 0 aromatic carbocycles. The van der Waals surface area contributed by atoms with Crippen molar-refractivity contribution in [2.45, 2.75) is 46.1 Å². The maximum absolute atomic E-state index is 12.4. The number of hydrogen-bond donors (Lipinski definition) is 2. The molecule has 0 fully saturated rings. The molecule has 25 heavy (non-hydrogen) atoms. The van der Waals surface area contributed by atoms with Crippen molar-refractivity contribution < 1.29 is 9.59 Å². The lowest BCUT2D eigenvalue weighted by Crippen LogP contribution is -2.31. The van der Waals surface area contributed by atoms with Crippen LogP contribution < -0.4 is 16.7 Å². The number of aromatic nitrogens is 2. The number of primary amides is 1. The number of thiophene rings is 1. The van der Waals surface area contributed by atoms with E-state index in [1.807, 2.05) is 0 Å². The molecule has 1 aliphatic carbocycles. The van der Waals surface area contributed by atoms with Gasteiger partial charge in [-0.3, -0.25) is 14.2 Å². The molecule has 3 rings (SSSR count). The molecule has 0 bridgehead atoms. The van der Waals surface area contributed by atoms with Crippen molar-refractivity contribution in [2.75, 3.05) is 5.32 Å². The fourth-order valence-corrected chi connectivity index (χ4v) is 4.50. The summed E-state index contributed by atoms with van der Waals surface area (Å²) in [5, 5.41) is 3.24. The summed E-state index contributed by atoms with van der Waals surface area (Å²) < 4.78 is 1.31. The first kappa shape index (κ1) is 17.3. The van der Waals surface area contributed by atoms with E-state index in [1.165, 1.54) is 15.9 Å². The minimum absolute atomic E-state index is 0.154. The van der Waals surface area contributed by atoms with Gasteiger partial charge in [-0.2, -0.15) is 4.98 Å². The molecule has 3 N–H and O–H groups in total. The summed E-state index contributed by atoms with van der Waals surface area (Å²) in [5.74, 6) is -0.906. The average Bonchev–Trinajstić information content (AvgIpc) is 2.88. The molecule has 7 nitrogen and oxygen atoms in total. The summed E-state index contributed by atoms with van der Waals surface area (Å²) >= 11 is 1.40. The Hall–Kier alpha value is -2.48. The third-order valence-corrected chi connectivity index (χ3v) is 5.53. The maximum atomic E-state index is 12.4. The second-order valence-corrected chi connectivity index (χ2v) is 7.34. The normalized spacial score (nSPS) is 13.4. The molecule has 1 aliphatic rings. The molecule has 2 aromatic rings. The molecule has 0 saturated carbocycles. The van der Waals surface area contributed by atoms with E-state index in [2.05, 4.69) is 10.3 Å². The molecular formula is C17H20N4O3S. The third kappa shape index (κ3) is 3.48. The zero-order valence-electron chi connectivity index (χ0n) is 14.2. The Morgan fingerprint density at radius 1 is 1.32 bits per heavy atom. The average molecular weight is 360 g/mol. The molecule has 0 aliphatic heterocycles. The van der Waals surface area contributed by atoms with Gasteiger partial charge in [0.25, 0.3) is 5.91 Å². The van der Waals surface area contributed by atoms with Gasteiger partial charge >= 0.3 is 5.69 Å². The highest BCUT2D eigenvalue weighted by Crippen LogP contribution is 2.37. The number of nitrogens with one attached hydrogen (secondary N) is 1. The lowest BCUT2D eigenvalue weighted by Gasteiger charge is -2.11. The van der Waals surface area contributed by atoms with E-state index in [0.717, 1.165) is 36.1 Å². The number of amides is 2. The number of nitrogens with two attached hydrogens (primary N) is 1. The van der Waals surface area contributed by atoms with Crippen LogP contribution in [-0.2, 0) is 24.2 Å². The van der Waals surface area contributed by atoms with E-state index < -0.39 is 11.6 Å². The summed E-state index contributed by atoms with van der Waals surface area (Å²) in [7, 11) is 0. The van der Waals surface area contributed by atoms with Crippen LogP contribution in [0.1, 0.15) is 45.0 Å². The van der Waals surface area contributed by atoms with E-state index in [4.69, 9.17) is 5.73 Å². The molecule has 0 saturated heterocycles. The Bertz CT molecular complexity index is 913. The Labute approximate surface area is 148 Å². The van der Waals surface area contributed by atoms with Gasteiger partial charge in [-0.15, -0.1) is 11.3 Å². The van der Waals surface area contributed by atoms with Gasteiger partial charge in [0.05, 0.1) is 5.56 Å². The number of carbonyl (C=O) groups is 2. The van der Waals surface area contributed by atoms with Crippen LogP contribution in [-0.4, -0.2) is 21.4 Å². The van der Waals surface area contributed by atoms with Gasteiger partial charge in [-0.05, 0) is 51.2 Å². The summed E-state index contributed by atoms with van der Waals surface area (Å²) in [6.07, 6.45) is 3.79. The third-order valence-electron chi connectivity index (χ3n) is 4.32. The second kappa shape index (κ2) is 6.79. The Morgan fingerprint density at radius 3 is 2.72 bits per heavy atom. The number of aryl methyl sites for hydroxylation is 3. The molecule has 0 spiro atoms.